The maximum absolute atomic E-state index is 12.9. The fourth-order valence-corrected chi connectivity index (χ4v) is 3.83. The maximum atomic E-state index is 12.9. The zero-order valence-corrected chi connectivity index (χ0v) is 20.2. The van der Waals surface area contributed by atoms with E-state index in [1.54, 1.807) is 18.6 Å². The van der Waals surface area contributed by atoms with Gasteiger partial charge in [0.2, 0.25) is 0 Å². The number of hydrogen-bond acceptors (Lipinski definition) is 6. The van der Waals surface area contributed by atoms with Crippen LogP contribution >= 0.6 is 11.6 Å². The fraction of sp³-hybridized carbons (Fsp3) is 0.308. The Kier molecular flexibility index (Phi) is 7.43. The third-order valence-corrected chi connectivity index (χ3v) is 5.90. The number of carbonyl (C=O) groups excluding carboxylic acids is 1. The summed E-state index contributed by atoms with van der Waals surface area (Å²) in [6, 6.07) is 7.78. The molecule has 1 amide bonds. The highest BCUT2D eigenvalue weighted by Crippen LogP contribution is 2.36. The van der Waals surface area contributed by atoms with Crippen LogP contribution in [0.3, 0.4) is 0 Å². The van der Waals surface area contributed by atoms with Crippen molar-refractivity contribution in [3.05, 3.63) is 71.3 Å². The Morgan fingerprint density at radius 3 is 2.56 bits per heavy atom. The molecule has 4 rings (SSSR count). The molecule has 0 saturated heterocycles. The van der Waals surface area contributed by atoms with Gasteiger partial charge in [0.15, 0.2) is 5.82 Å². The van der Waals surface area contributed by atoms with E-state index in [0.717, 1.165) is 48.2 Å². The zero-order chi connectivity index (χ0) is 24.1. The van der Waals surface area contributed by atoms with Crippen molar-refractivity contribution >= 4 is 34.7 Å². The number of nitrogens with one attached hydrogen (secondary N) is 3. The van der Waals surface area contributed by atoms with Gasteiger partial charge in [0, 0.05) is 48.1 Å². The highest BCUT2D eigenvalue weighted by atomic mass is 35.5. The third kappa shape index (κ3) is 5.54. The summed E-state index contributed by atoms with van der Waals surface area (Å²) in [4.78, 5) is 26.1. The van der Waals surface area contributed by atoms with E-state index in [9.17, 15) is 4.79 Å². The van der Waals surface area contributed by atoms with Gasteiger partial charge in [-0.3, -0.25) is 4.79 Å². The first-order valence-corrected chi connectivity index (χ1v) is 12.0. The van der Waals surface area contributed by atoms with Gasteiger partial charge in [-0.05, 0) is 43.2 Å². The van der Waals surface area contributed by atoms with E-state index in [1.165, 1.54) is 0 Å². The quantitative estimate of drug-likeness (QED) is 0.333. The maximum Gasteiger partial charge on any atom is 0.254 e. The number of rotatable bonds is 10. The molecule has 3 aromatic rings. The van der Waals surface area contributed by atoms with Gasteiger partial charge in [0.05, 0.1) is 16.3 Å². The molecule has 0 radical (unpaired) electrons. The second-order valence-electron chi connectivity index (χ2n) is 8.33. The van der Waals surface area contributed by atoms with Crippen LogP contribution in [0.1, 0.15) is 49.0 Å². The van der Waals surface area contributed by atoms with Crippen LogP contribution in [0.2, 0.25) is 5.02 Å². The van der Waals surface area contributed by atoms with Gasteiger partial charge >= 0.3 is 0 Å². The molecule has 1 aromatic carbocycles. The standard InChI is InChI=1S/C26H29ClN6O/c1-4-11-28-26(34)21-15-29-24(32-16(3)17-9-10-17)12-23(21)33-22-8-6-7-20(19(22)5-2)25-30-13-18(27)14-31-25/h6-8,12-15,17H,3-5,9-11H2,1-2H3,(H,28,34)(H2,29,32,33). The van der Waals surface area contributed by atoms with Crippen LogP contribution < -0.4 is 16.0 Å². The predicted molar refractivity (Wildman–Crippen MR) is 137 cm³/mol. The van der Waals surface area contributed by atoms with Crippen molar-refractivity contribution in [2.24, 2.45) is 5.92 Å². The topological polar surface area (TPSA) is 91.8 Å². The Balaban J connectivity index is 1.70. The number of nitrogens with zero attached hydrogens (tertiary/aromatic N) is 3. The zero-order valence-electron chi connectivity index (χ0n) is 19.5. The molecular formula is C26H29ClN6O. The molecule has 0 atom stereocenters. The Bertz CT molecular complexity index is 1190. The number of carbonyl (C=O) groups is 1. The van der Waals surface area contributed by atoms with Gasteiger partial charge in [-0.1, -0.05) is 44.2 Å². The number of aromatic nitrogens is 3. The molecule has 8 heteroatoms. The molecule has 0 unspecified atom stereocenters. The molecular weight excluding hydrogens is 448 g/mol. The summed E-state index contributed by atoms with van der Waals surface area (Å²) in [7, 11) is 0. The van der Waals surface area contributed by atoms with Crippen LogP contribution in [-0.2, 0) is 6.42 Å². The monoisotopic (exact) mass is 476 g/mol. The highest BCUT2D eigenvalue weighted by molar-refractivity contribution is 6.30. The Morgan fingerprint density at radius 2 is 1.88 bits per heavy atom. The summed E-state index contributed by atoms with van der Waals surface area (Å²) in [5, 5.41) is 10.2. The summed E-state index contributed by atoms with van der Waals surface area (Å²) in [6.07, 6.45) is 8.68. The molecule has 1 aliphatic rings. The molecule has 0 spiro atoms. The number of amides is 1. The summed E-state index contributed by atoms with van der Waals surface area (Å²) in [5.74, 6) is 1.58. The molecule has 1 fully saturated rings. The van der Waals surface area contributed by atoms with Gasteiger partial charge < -0.3 is 16.0 Å². The molecule has 7 nitrogen and oxygen atoms in total. The number of benzene rings is 1. The minimum Gasteiger partial charge on any atom is -0.354 e. The second-order valence-corrected chi connectivity index (χ2v) is 8.77. The minimum atomic E-state index is -0.167. The first-order valence-electron chi connectivity index (χ1n) is 11.6. The Labute approximate surface area is 205 Å². The van der Waals surface area contributed by atoms with E-state index < -0.39 is 0 Å². The predicted octanol–water partition coefficient (Wildman–Crippen LogP) is 5.97. The molecule has 2 aromatic heterocycles. The van der Waals surface area contributed by atoms with E-state index in [2.05, 4.69) is 44.4 Å². The van der Waals surface area contributed by atoms with Gasteiger partial charge in [-0.15, -0.1) is 0 Å². The van der Waals surface area contributed by atoms with Crippen LogP contribution in [0, 0.1) is 5.92 Å². The molecule has 2 heterocycles. The van der Waals surface area contributed by atoms with Crippen molar-refractivity contribution < 1.29 is 4.79 Å². The smallest absolute Gasteiger partial charge is 0.254 e. The largest absolute Gasteiger partial charge is 0.354 e. The molecule has 34 heavy (non-hydrogen) atoms. The average molecular weight is 477 g/mol. The lowest BCUT2D eigenvalue weighted by Gasteiger charge is -2.18. The van der Waals surface area contributed by atoms with E-state index in [1.807, 2.05) is 31.2 Å². The third-order valence-electron chi connectivity index (χ3n) is 5.70. The molecule has 1 saturated carbocycles. The van der Waals surface area contributed by atoms with Crippen LogP contribution in [0.5, 0.6) is 0 Å². The van der Waals surface area contributed by atoms with Gasteiger partial charge in [-0.25, -0.2) is 15.0 Å². The number of anilines is 3. The van der Waals surface area contributed by atoms with Crippen LogP contribution in [0.15, 0.2) is 55.1 Å². The van der Waals surface area contributed by atoms with Crippen molar-refractivity contribution in [3.63, 3.8) is 0 Å². The fourth-order valence-electron chi connectivity index (χ4n) is 3.73. The molecule has 3 N–H and O–H groups in total. The summed E-state index contributed by atoms with van der Waals surface area (Å²) < 4.78 is 0. The van der Waals surface area contributed by atoms with Crippen molar-refractivity contribution in [3.8, 4) is 11.4 Å². The van der Waals surface area contributed by atoms with Gasteiger partial charge in [0.25, 0.3) is 5.91 Å². The first-order chi connectivity index (χ1) is 16.5. The number of halogens is 1. The SMILES string of the molecule is C=C(Nc1cc(Nc2cccc(-c3ncc(Cl)cn3)c2CC)c(C(=O)NCCC)cn1)C1CC1. The van der Waals surface area contributed by atoms with E-state index in [0.29, 0.717) is 40.4 Å². The van der Waals surface area contributed by atoms with Crippen molar-refractivity contribution in [1.82, 2.24) is 20.3 Å². The summed E-state index contributed by atoms with van der Waals surface area (Å²) >= 11 is 5.98. The van der Waals surface area contributed by atoms with Crippen molar-refractivity contribution in [2.75, 3.05) is 17.2 Å². The molecule has 0 bridgehead atoms. The minimum absolute atomic E-state index is 0.167. The van der Waals surface area contributed by atoms with Crippen LogP contribution in [0.25, 0.3) is 11.4 Å². The van der Waals surface area contributed by atoms with Crippen LogP contribution in [0.4, 0.5) is 17.2 Å². The van der Waals surface area contributed by atoms with E-state index in [-0.39, 0.29) is 5.91 Å². The lowest BCUT2D eigenvalue weighted by molar-refractivity contribution is 0.0954. The van der Waals surface area contributed by atoms with Gasteiger partial charge in [0.1, 0.15) is 5.82 Å². The summed E-state index contributed by atoms with van der Waals surface area (Å²) in [6.45, 7) is 8.82. The Hall–Kier alpha value is -3.45. The number of pyridine rings is 1. The summed E-state index contributed by atoms with van der Waals surface area (Å²) in [5.41, 5.74) is 4.93. The van der Waals surface area contributed by atoms with Crippen molar-refractivity contribution in [1.29, 1.82) is 0 Å². The molecule has 176 valence electrons. The van der Waals surface area contributed by atoms with Crippen LogP contribution in [-0.4, -0.2) is 27.4 Å². The molecule has 1 aliphatic carbocycles. The van der Waals surface area contributed by atoms with E-state index in [4.69, 9.17) is 11.6 Å². The second kappa shape index (κ2) is 10.7. The lowest BCUT2D eigenvalue weighted by Crippen LogP contribution is -2.25. The lowest BCUT2D eigenvalue weighted by atomic mass is 10.0. The highest BCUT2D eigenvalue weighted by Gasteiger charge is 2.25. The number of hydrogen-bond donors (Lipinski definition) is 3. The Morgan fingerprint density at radius 1 is 1.12 bits per heavy atom. The first kappa shape index (κ1) is 23.7. The molecule has 0 aliphatic heterocycles. The van der Waals surface area contributed by atoms with E-state index >= 15 is 0 Å². The normalized spacial score (nSPS) is 12.8. The van der Waals surface area contributed by atoms with Gasteiger partial charge in [-0.2, -0.15) is 0 Å². The van der Waals surface area contributed by atoms with Crippen molar-refractivity contribution in [2.45, 2.75) is 39.5 Å². The average Bonchev–Trinajstić information content (AvgIpc) is 3.69. The number of allylic oxidation sites excluding steroid dienone is 1.